The monoisotopic (exact) mass is 366 g/mol. The predicted molar refractivity (Wildman–Crippen MR) is 105 cm³/mol. The van der Waals surface area contributed by atoms with Crippen LogP contribution in [0.4, 0.5) is 0 Å². The highest BCUT2D eigenvalue weighted by Crippen LogP contribution is 2.36. The van der Waals surface area contributed by atoms with Crippen LogP contribution in [0.25, 0.3) is 0 Å². The number of carbonyl (C=O) groups excluding carboxylic acids is 1. The highest BCUT2D eigenvalue weighted by Gasteiger charge is 2.32. The fraction of sp³-hybridized carbons (Fsp3) is 0.409. The van der Waals surface area contributed by atoms with Gasteiger partial charge in [0.25, 0.3) is 5.91 Å². The van der Waals surface area contributed by atoms with E-state index in [0.717, 1.165) is 32.6 Å². The Bertz CT molecular complexity index is 806. The number of hydrogen-bond donors (Lipinski definition) is 0. The zero-order chi connectivity index (χ0) is 18.8. The van der Waals surface area contributed by atoms with Gasteiger partial charge in [0, 0.05) is 32.2 Å². The molecular weight excluding hydrogens is 340 g/mol. The van der Waals surface area contributed by atoms with Gasteiger partial charge in [-0.1, -0.05) is 30.3 Å². The van der Waals surface area contributed by atoms with Crippen LogP contribution in [-0.2, 0) is 6.42 Å². The van der Waals surface area contributed by atoms with Gasteiger partial charge in [-0.05, 0) is 36.1 Å². The molecule has 0 spiro atoms. The maximum Gasteiger partial charge on any atom is 0.261 e. The first kappa shape index (κ1) is 17.9. The number of ether oxygens (including phenoxy) is 2. The molecule has 4 rings (SSSR count). The van der Waals surface area contributed by atoms with E-state index in [1.165, 1.54) is 17.5 Å². The lowest BCUT2D eigenvalue weighted by molar-refractivity contribution is 0.0562. The topological polar surface area (TPSA) is 42.0 Å². The average Bonchev–Trinajstić information content (AvgIpc) is 3.17. The van der Waals surface area contributed by atoms with Gasteiger partial charge in [0.2, 0.25) is 0 Å². The molecule has 2 aromatic carbocycles. The SMILES string of the molecule is COc1cccc(OC)c1C(=O)N1CCN(C2CCc3ccccc32)CC1. The molecule has 2 aromatic rings. The smallest absolute Gasteiger partial charge is 0.261 e. The molecule has 0 N–H and O–H groups in total. The van der Waals surface area contributed by atoms with Crippen molar-refractivity contribution in [2.24, 2.45) is 0 Å². The standard InChI is InChI=1S/C22H26N2O3/c1-26-19-8-5-9-20(27-2)21(19)22(25)24-14-12-23(13-15-24)18-11-10-16-6-3-4-7-17(16)18/h3-9,18H,10-15H2,1-2H3. The third-order valence-corrected chi connectivity index (χ3v) is 5.79. The second-order valence-electron chi connectivity index (χ2n) is 7.12. The molecule has 142 valence electrons. The van der Waals surface area contributed by atoms with Crippen LogP contribution in [-0.4, -0.2) is 56.1 Å². The second-order valence-corrected chi connectivity index (χ2v) is 7.12. The van der Waals surface area contributed by atoms with Crippen molar-refractivity contribution in [2.45, 2.75) is 18.9 Å². The lowest BCUT2D eigenvalue weighted by Gasteiger charge is -2.38. The van der Waals surface area contributed by atoms with Crippen LogP contribution in [0, 0.1) is 0 Å². The van der Waals surface area contributed by atoms with Crippen LogP contribution in [0.5, 0.6) is 11.5 Å². The average molecular weight is 366 g/mol. The Morgan fingerprint density at radius 1 is 0.926 bits per heavy atom. The van der Waals surface area contributed by atoms with Gasteiger partial charge in [-0.3, -0.25) is 9.69 Å². The van der Waals surface area contributed by atoms with E-state index < -0.39 is 0 Å². The van der Waals surface area contributed by atoms with E-state index in [4.69, 9.17) is 9.47 Å². The van der Waals surface area contributed by atoms with Gasteiger partial charge in [-0.25, -0.2) is 0 Å². The number of nitrogens with zero attached hydrogens (tertiary/aromatic N) is 2. The van der Waals surface area contributed by atoms with E-state index in [9.17, 15) is 4.79 Å². The predicted octanol–water partition coefficient (Wildman–Crippen LogP) is 3.15. The number of methoxy groups -OCH3 is 2. The van der Waals surface area contributed by atoms with Crippen molar-refractivity contribution in [2.75, 3.05) is 40.4 Å². The fourth-order valence-corrected chi connectivity index (χ4v) is 4.37. The van der Waals surface area contributed by atoms with Crippen molar-refractivity contribution in [3.05, 3.63) is 59.2 Å². The molecule has 1 heterocycles. The van der Waals surface area contributed by atoms with E-state index in [2.05, 4.69) is 29.2 Å². The van der Waals surface area contributed by atoms with E-state index in [1.54, 1.807) is 14.2 Å². The van der Waals surface area contributed by atoms with E-state index >= 15 is 0 Å². The van der Waals surface area contributed by atoms with Crippen LogP contribution in [0.15, 0.2) is 42.5 Å². The molecule has 1 fully saturated rings. The maximum atomic E-state index is 13.1. The molecule has 0 aromatic heterocycles. The Labute approximate surface area is 160 Å². The van der Waals surface area contributed by atoms with Crippen LogP contribution in [0.3, 0.4) is 0 Å². The molecule has 0 radical (unpaired) electrons. The number of carbonyl (C=O) groups is 1. The van der Waals surface area contributed by atoms with Crippen LogP contribution in [0.2, 0.25) is 0 Å². The molecule has 0 saturated carbocycles. The summed E-state index contributed by atoms with van der Waals surface area (Å²) in [5.74, 6) is 1.11. The van der Waals surface area contributed by atoms with Gasteiger partial charge in [0.15, 0.2) is 0 Å². The van der Waals surface area contributed by atoms with Gasteiger partial charge in [-0.15, -0.1) is 0 Å². The molecule has 27 heavy (non-hydrogen) atoms. The number of aryl methyl sites for hydroxylation is 1. The van der Waals surface area contributed by atoms with Crippen LogP contribution >= 0.6 is 0 Å². The van der Waals surface area contributed by atoms with Crippen molar-refractivity contribution in [1.29, 1.82) is 0 Å². The van der Waals surface area contributed by atoms with Gasteiger partial charge < -0.3 is 14.4 Å². The Hall–Kier alpha value is -2.53. The molecule has 2 aliphatic rings. The molecule has 1 aliphatic heterocycles. The molecular formula is C22H26N2O3. The van der Waals surface area contributed by atoms with E-state index in [-0.39, 0.29) is 5.91 Å². The van der Waals surface area contributed by atoms with Crippen molar-refractivity contribution in [3.63, 3.8) is 0 Å². The summed E-state index contributed by atoms with van der Waals surface area (Å²) >= 11 is 0. The molecule has 0 bridgehead atoms. The first-order valence-corrected chi connectivity index (χ1v) is 9.55. The minimum Gasteiger partial charge on any atom is -0.496 e. The molecule has 5 heteroatoms. The molecule has 1 atom stereocenters. The van der Waals surface area contributed by atoms with Crippen molar-refractivity contribution >= 4 is 5.91 Å². The summed E-state index contributed by atoms with van der Waals surface area (Å²) in [4.78, 5) is 17.6. The summed E-state index contributed by atoms with van der Waals surface area (Å²) < 4.78 is 10.8. The molecule has 5 nitrogen and oxygen atoms in total. The number of fused-ring (bicyclic) bond motifs is 1. The minimum absolute atomic E-state index is 0.0178. The van der Waals surface area contributed by atoms with Gasteiger partial charge in [0.1, 0.15) is 17.1 Å². The first-order valence-electron chi connectivity index (χ1n) is 9.55. The third-order valence-electron chi connectivity index (χ3n) is 5.79. The summed E-state index contributed by atoms with van der Waals surface area (Å²) in [6.07, 6.45) is 2.33. The Kier molecular flexibility index (Phi) is 5.03. The Morgan fingerprint density at radius 3 is 2.26 bits per heavy atom. The van der Waals surface area contributed by atoms with Crippen LogP contribution < -0.4 is 9.47 Å². The fourth-order valence-electron chi connectivity index (χ4n) is 4.37. The van der Waals surface area contributed by atoms with E-state index in [0.29, 0.717) is 23.1 Å². The molecule has 1 saturated heterocycles. The summed E-state index contributed by atoms with van der Waals surface area (Å²) in [5, 5.41) is 0. The normalized spacial score (nSPS) is 19.6. The molecule has 1 unspecified atom stereocenters. The number of piperazine rings is 1. The first-order chi connectivity index (χ1) is 13.2. The lowest BCUT2D eigenvalue weighted by Crippen LogP contribution is -2.49. The number of rotatable bonds is 4. The maximum absolute atomic E-state index is 13.1. The Balaban J connectivity index is 1.47. The lowest BCUT2D eigenvalue weighted by atomic mass is 10.1. The van der Waals surface area contributed by atoms with Crippen molar-refractivity contribution < 1.29 is 14.3 Å². The number of amides is 1. The summed E-state index contributed by atoms with van der Waals surface area (Å²) in [5.41, 5.74) is 3.45. The van der Waals surface area contributed by atoms with Gasteiger partial charge in [0.05, 0.1) is 14.2 Å². The highest BCUT2D eigenvalue weighted by atomic mass is 16.5. The highest BCUT2D eigenvalue weighted by molar-refractivity contribution is 5.99. The van der Waals surface area contributed by atoms with Crippen molar-refractivity contribution in [3.8, 4) is 11.5 Å². The minimum atomic E-state index is -0.0178. The van der Waals surface area contributed by atoms with Crippen LogP contribution in [0.1, 0.15) is 33.9 Å². The number of hydrogen-bond acceptors (Lipinski definition) is 4. The van der Waals surface area contributed by atoms with Gasteiger partial charge >= 0.3 is 0 Å². The zero-order valence-electron chi connectivity index (χ0n) is 16.0. The molecule has 1 aliphatic carbocycles. The van der Waals surface area contributed by atoms with E-state index in [1.807, 2.05) is 23.1 Å². The van der Waals surface area contributed by atoms with Crippen molar-refractivity contribution in [1.82, 2.24) is 9.80 Å². The van der Waals surface area contributed by atoms with Gasteiger partial charge in [-0.2, -0.15) is 0 Å². The summed E-state index contributed by atoms with van der Waals surface area (Å²) in [6.45, 7) is 3.22. The largest absolute Gasteiger partial charge is 0.496 e. The zero-order valence-corrected chi connectivity index (χ0v) is 16.0. The second kappa shape index (κ2) is 7.61. The molecule has 1 amide bonds. The quantitative estimate of drug-likeness (QED) is 0.834. The Morgan fingerprint density at radius 2 is 1.59 bits per heavy atom. The number of benzene rings is 2. The third kappa shape index (κ3) is 3.28. The summed E-state index contributed by atoms with van der Waals surface area (Å²) in [6, 6.07) is 14.7. The summed E-state index contributed by atoms with van der Waals surface area (Å²) in [7, 11) is 3.17.